The maximum atomic E-state index is 11.6. The summed E-state index contributed by atoms with van der Waals surface area (Å²) in [5.41, 5.74) is 0.324. The number of hydrogen-bond acceptors (Lipinski definition) is 4. The van der Waals surface area contributed by atoms with Crippen LogP contribution >= 0.6 is 0 Å². The second-order valence-electron chi connectivity index (χ2n) is 6.20. The molecule has 0 aromatic carbocycles. The van der Waals surface area contributed by atoms with Crippen molar-refractivity contribution in [3.05, 3.63) is 0 Å². The zero-order valence-corrected chi connectivity index (χ0v) is 12.5. The Morgan fingerprint density at radius 2 is 2.00 bits per heavy atom. The summed E-state index contributed by atoms with van der Waals surface area (Å²) in [5.74, 6) is -0.590. The predicted octanol–water partition coefficient (Wildman–Crippen LogP) is 3.09. The lowest BCUT2D eigenvalue weighted by Gasteiger charge is -2.37. The Hall–Kier alpha value is -1.06. The second kappa shape index (κ2) is 6.92. The van der Waals surface area contributed by atoms with E-state index in [2.05, 4.69) is 13.8 Å². The molecule has 1 saturated carbocycles. The van der Waals surface area contributed by atoms with Crippen LogP contribution in [-0.4, -0.2) is 24.6 Å². The maximum Gasteiger partial charge on any atom is 0.317 e. The quantitative estimate of drug-likeness (QED) is 0.569. The van der Waals surface area contributed by atoms with Crippen LogP contribution in [0.2, 0.25) is 0 Å². The van der Waals surface area contributed by atoms with Gasteiger partial charge in [0.1, 0.15) is 12.5 Å². The van der Waals surface area contributed by atoms with Crippen molar-refractivity contribution in [1.29, 1.82) is 0 Å². The van der Waals surface area contributed by atoms with E-state index in [-0.39, 0.29) is 12.5 Å². The molecule has 0 heterocycles. The summed E-state index contributed by atoms with van der Waals surface area (Å²) in [7, 11) is 0. The molecule has 0 amide bonds. The third-order valence-corrected chi connectivity index (χ3v) is 3.82. The van der Waals surface area contributed by atoms with E-state index >= 15 is 0 Å². The summed E-state index contributed by atoms with van der Waals surface area (Å²) in [4.78, 5) is 22.8. The molecular formula is C15H26O4. The van der Waals surface area contributed by atoms with Gasteiger partial charge in [-0.05, 0) is 44.4 Å². The first kappa shape index (κ1) is 16.0. The van der Waals surface area contributed by atoms with Crippen LogP contribution in [0.3, 0.4) is 0 Å². The molecule has 1 unspecified atom stereocenters. The van der Waals surface area contributed by atoms with Gasteiger partial charge in [0.05, 0.1) is 6.61 Å². The number of rotatable bonds is 5. The Balaban J connectivity index is 2.39. The van der Waals surface area contributed by atoms with Gasteiger partial charge in [0.2, 0.25) is 0 Å². The highest BCUT2D eigenvalue weighted by Crippen LogP contribution is 2.40. The standard InChI is InChI=1S/C15H26O4/c1-5-18-13(16)9-14(17)19-11(2)12-7-6-8-15(3,4)10-12/h11-12H,5-10H2,1-4H3/t11?,12-/m1/s1. The van der Waals surface area contributed by atoms with Crippen LogP contribution in [0.15, 0.2) is 0 Å². The summed E-state index contributed by atoms with van der Waals surface area (Å²) < 4.78 is 10.1. The molecule has 19 heavy (non-hydrogen) atoms. The Bertz CT molecular complexity index is 322. The van der Waals surface area contributed by atoms with Gasteiger partial charge in [-0.1, -0.05) is 20.3 Å². The molecule has 2 atom stereocenters. The molecule has 4 nitrogen and oxygen atoms in total. The van der Waals surface area contributed by atoms with E-state index in [4.69, 9.17) is 9.47 Å². The highest BCUT2D eigenvalue weighted by atomic mass is 16.6. The lowest BCUT2D eigenvalue weighted by Crippen LogP contribution is -2.32. The molecule has 0 N–H and O–H groups in total. The monoisotopic (exact) mass is 270 g/mol. The van der Waals surface area contributed by atoms with Crippen molar-refractivity contribution < 1.29 is 19.1 Å². The summed E-state index contributed by atoms with van der Waals surface area (Å²) in [6.07, 6.45) is 4.16. The Morgan fingerprint density at radius 1 is 1.32 bits per heavy atom. The summed E-state index contributed by atoms with van der Waals surface area (Å²) in [6, 6.07) is 0. The molecule has 1 fully saturated rings. The third kappa shape index (κ3) is 5.62. The molecule has 4 heteroatoms. The molecule has 1 aliphatic rings. The molecule has 0 aromatic rings. The van der Waals surface area contributed by atoms with Crippen molar-refractivity contribution in [1.82, 2.24) is 0 Å². The highest BCUT2D eigenvalue weighted by Gasteiger charge is 2.32. The first-order valence-corrected chi connectivity index (χ1v) is 7.19. The lowest BCUT2D eigenvalue weighted by molar-refractivity contribution is -0.159. The maximum absolute atomic E-state index is 11.6. The van der Waals surface area contributed by atoms with E-state index in [1.807, 2.05) is 6.92 Å². The predicted molar refractivity (Wildman–Crippen MR) is 72.5 cm³/mol. The Kier molecular flexibility index (Phi) is 5.83. The van der Waals surface area contributed by atoms with Gasteiger partial charge in [0, 0.05) is 0 Å². The van der Waals surface area contributed by atoms with Crippen molar-refractivity contribution in [3.63, 3.8) is 0 Å². The van der Waals surface area contributed by atoms with Gasteiger partial charge in [-0.15, -0.1) is 0 Å². The van der Waals surface area contributed by atoms with Crippen LogP contribution < -0.4 is 0 Å². The molecule has 0 bridgehead atoms. The van der Waals surface area contributed by atoms with Crippen molar-refractivity contribution in [2.24, 2.45) is 11.3 Å². The molecule has 0 aromatic heterocycles. The van der Waals surface area contributed by atoms with Crippen LogP contribution in [0.4, 0.5) is 0 Å². The molecule has 0 saturated heterocycles. The van der Waals surface area contributed by atoms with Gasteiger partial charge >= 0.3 is 11.9 Å². The van der Waals surface area contributed by atoms with Gasteiger partial charge in [-0.25, -0.2) is 0 Å². The average Bonchev–Trinajstić information content (AvgIpc) is 2.27. The van der Waals surface area contributed by atoms with E-state index in [0.717, 1.165) is 12.8 Å². The van der Waals surface area contributed by atoms with E-state index in [0.29, 0.717) is 17.9 Å². The van der Waals surface area contributed by atoms with Crippen molar-refractivity contribution >= 4 is 11.9 Å². The second-order valence-corrected chi connectivity index (χ2v) is 6.20. The zero-order valence-electron chi connectivity index (χ0n) is 12.5. The molecular weight excluding hydrogens is 244 g/mol. The molecule has 0 aliphatic heterocycles. The molecule has 0 spiro atoms. The SMILES string of the molecule is CCOC(=O)CC(=O)OC(C)[C@@H]1CCCC(C)(C)C1. The van der Waals surface area contributed by atoms with Gasteiger partial charge < -0.3 is 9.47 Å². The van der Waals surface area contributed by atoms with E-state index in [1.165, 1.54) is 12.8 Å². The number of hydrogen-bond donors (Lipinski definition) is 0. The van der Waals surface area contributed by atoms with Gasteiger partial charge in [-0.2, -0.15) is 0 Å². The van der Waals surface area contributed by atoms with Crippen molar-refractivity contribution in [2.45, 2.75) is 65.9 Å². The summed E-state index contributed by atoms with van der Waals surface area (Å²) >= 11 is 0. The van der Waals surface area contributed by atoms with Crippen molar-refractivity contribution in [3.8, 4) is 0 Å². The largest absolute Gasteiger partial charge is 0.466 e. The fraction of sp³-hybridized carbons (Fsp3) is 0.867. The minimum Gasteiger partial charge on any atom is -0.466 e. The molecule has 110 valence electrons. The Morgan fingerprint density at radius 3 is 2.58 bits per heavy atom. The van der Waals surface area contributed by atoms with Crippen LogP contribution in [0, 0.1) is 11.3 Å². The smallest absolute Gasteiger partial charge is 0.317 e. The van der Waals surface area contributed by atoms with Gasteiger partial charge in [0.25, 0.3) is 0 Å². The van der Waals surface area contributed by atoms with Crippen LogP contribution in [0.25, 0.3) is 0 Å². The number of carbonyl (C=O) groups is 2. The molecule has 0 radical (unpaired) electrons. The third-order valence-electron chi connectivity index (χ3n) is 3.82. The average molecular weight is 270 g/mol. The number of ether oxygens (including phenoxy) is 2. The number of carbonyl (C=O) groups excluding carboxylic acids is 2. The van der Waals surface area contributed by atoms with Crippen LogP contribution in [-0.2, 0) is 19.1 Å². The molecule has 1 rings (SSSR count). The normalized spacial score (nSPS) is 23.5. The first-order valence-electron chi connectivity index (χ1n) is 7.19. The summed E-state index contributed by atoms with van der Waals surface area (Å²) in [5, 5.41) is 0. The highest BCUT2D eigenvalue weighted by molar-refractivity contribution is 5.91. The Labute approximate surface area is 115 Å². The van der Waals surface area contributed by atoms with E-state index in [9.17, 15) is 9.59 Å². The van der Waals surface area contributed by atoms with Crippen LogP contribution in [0.1, 0.15) is 59.8 Å². The topological polar surface area (TPSA) is 52.6 Å². The van der Waals surface area contributed by atoms with E-state index in [1.54, 1.807) is 6.92 Å². The van der Waals surface area contributed by atoms with E-state index < -0.39 is 11.9 Å². The summed E-state index contributed by atoms with van der Waals surface area (Å²) in [6.45, 7) is 8.45. The first-order chi connectivity index (χ1) is 8.84. The minimum absolute atomic E-state index is 0.124. The number of esters is 2. The van der Waals surface area contributed by atoms with Gasteiger partial charge in [0.15, 0.2) is 0 Å². The van der Waals surface area contributed by atoms with Crippen LogP contribution in [0.5, 0.6) is 0 Å². The van der Waals surface area contributed by atoms with Crippen molar-refractivity contribution in [2.75, 3.05) is 6.61 Å². The fourth-order valence-corrected chi connectivity index (χ4v) is 2.83. The van der Waals surface area contributed by atoms with Gasteiger partial charge in [-0.3, -0.25) is 9.59 Å². The minimum atomic E-state index is -0.510. The fourth-order valence-electron chi connectivity index (χ4n) is 2.83. The lowest BCUT2D eigenvalue weighted by atomic mass is 9.71. The molecule has 1 aliphatic carbocycles. The zero-order chi connectivity index (χ0) is 14.5.